The Labute approximate surface area is 119 Å². The molecule has 0 aliphatic carbocycles. The lowest BCUT2D eigenvalue weighted by Crippen LogP contribution is -2.17. The molecule has 1 heterocycles. The Kier molecular flexibility index (Phi) is 4.96. The standard InChI is InChI=1S/C14H15F3O2S/c15-14(16,17)19-12-3-1-11(2-4-12)13(18)9-10-5-7-20-8-6-10/h1-4,10H,5-9H2. The number of alkyl halides is 3. The van der Waals surface area contributed by atoms with Gasteiger partial charge in [-0.15, -0.1) is 13.2 Å². The Morgan fingerprint density at radius 3 is 2.35 bits per heavy atom. The van der Waals surface area contributed by atoms with Gasteiger partial charge in [0.2, 0.25) is 0 Å². The summed E-state index contributed by atoms with van der Waals surface area (Å²) < 4.78 is 39.8. The van der Waals surface area contributed by atoms with Crippen LogP contribution in [0.3, 0.4) is 0 Å². The van der Waals surface area contributed by atoms with Crippen LogP contribution in [0.4, 0.5) is 13.2 Å². The molecule has 0 atom stereocenters. The topological polar surface area (TPSA) is 26.3 Å². The first-order chi connectivity index (χ1) is 9.44. The number of rotatable bonds is 4. The van der Waals surface area contributed by atoms with E-state index in [9.17, 15) is 18.0 Å². The average molecular weight is 304 g/mol. The second-order valence-corrected chi connectivity index (χ2v) is 5.98. The summed E-state index contributed by atoms with van der Waals surface area (Å²) in [4.78, 5) is 12.0. The Balaban J connectivity index is 1.93. The summed E-state index contributed by atoms with van der Waals surface area (Å²) in [6.45, 7) is 0. The van der Waals surface area contributed by atoms with Crippen molar-refractivity contribution in [3.8, 4) is 5.75 Å². The quantitative estimate of drug-likeness (QED) is 0.776. The summed E-state index contributed by atoms with van der Waals surface area (Å²) >= 11 is 1.89. The molecule has 1 aromatic carbocycles. The van der Waals surface area contributed by atoms with Crippen molar-refractivity contribution in [1.29, 1.82) is 0 Å². The lowest BCUT2D eigenvalue weighted by Gasteiger charge is -2.20. The third-order valence-electron chi connectivity index (χ3n) is 3.22. The summed E-state index contributed by atoms with van der Waals surface area (Å²) in [6, 6.07) is 5.14. The number of benzene rings is 1. The lowest BCUT2D eigenvalue weighted by molar-refractivity contribution is -0.274. The minimum absolute atomic E-state index is 0.0135. The van der Waals surface area contributed by atoms with E-state index in [-0.39, 0.29) is 11.5 Å². The van der Waals surface area contributed by atoms with Crippen LogP contribution < -0.4 is 4.74 Å². The monoisotopic (exact) mass is 304 g/mol. The van der Waals surface area contributed by atoms with Crippen molar-refractivity contribution in [3.05, 3.63) is 29.8 Å². The number of hydrogen-bond donors (Lipinski definition) is 0. The van der Waals surface area contributed by atoms with Crippen LogP contribution >= 0.6 is 11.8 Å². The van der Waals surface area contributed by atoms with Gasteiger partial charge >= 0.3 is 6.36 Å². The van der Waals surface area contributed by atoms with Crippen LogP contribution in [0.25, 0.3) is 0 Å². The molecular weight excluding hydrogens is 289 g/mol. The molecule has 0 amide bonds. The SMILES string of the molecule is O=C(CC1CCSCC1)c1ccc(OC(F)(F)F)cc1. The fraction of sp³-hybridized carbons (Fsp3) is 0.500. The Morgan fingerprint density at radius 1 is 1.20 bits per heavy atom. The fourth-order valence-corrected chi connectivity index (χ4v) is 3.38. The predicted molar refractivity (Wildman–Crippen MR) is 72.1 cm³/mol. The molecule has 0 radical (unpaired) electrons. The number of ketones is 1. The van der Waals surface area contributed by atoms with Crippen LogP contribution in [0.2, 0.25) is 0 Å². The number of halogens is 3. The molecular formula is C14H15F3O2S. The summed E-state index contributed by atoms with van der Waals surface area (Å²) in [5.41, 5.74) is 0.442. The molecule has 1 saturated heterocycles. The molecule has 1 aliphatic heterocycles. The predicted octanol–water partition coefficient (Wildman–Crippen LogP) is 4.30. The molecule has 20 heavy (non-hydrogen) atoms. The van der Waals surface area contributed by atoms with E-state index in [0.29, 0.717) is 17.9 Å². The zero-order valence-corrected chi connectivity index (χ0v) is 11.6. The van der Waals surface area contributed by atoms with Crippen molar-refractivity contribution in [3.63, 3.8) is 0 Å². The molecule has 6 heteroatoms. The Hall–Kier alpha value is -1.17. The molecule has 0 aromatic heterocycles. The first-order valence-corrected chi connectivity index (χ1v) is 7.56. The van der Waals surface area contributed by atoms with E-state index in [2.05, 4.69) is 4.74 Å². The highest BCUT2D eigenvalue weighted by molar-refractivity contribution is 7.99. The average Bonchev–Trinajstić information content (AvgIpc) is 2.39. The van der Waals surface area contributed by atoms with E-state index in [1.165, 1.54) is 24.3 Å². The van der Waals surface area contributed by atoms with Gasteiger partial charge in [0, 0.05) is 12.0 Å². The van der Waals surface area contributed by atoms with Crippen molar-refractivity contribution < 1.29 is 22.7 Å². The zero-order valence-electron chi connectivity index (χ0n) is 10.8. The minimum Gasteiger partial charge on any atom is -0.406 e. The maximum absolute atomic E-state index is 12.0. The summed E-state index contributed by atoms with van der Waals surface area (Å²) in [6.07, 6.45) is -2.16. The van der Waals surface area contributed by atoms with Gasteiger partial charge in [-0.3, -0.25) is 4.79 Å². The maximum Gasteiger partial charge on any atom is 0.573 e. The molecule has 2 nitrogen and oxygen atoms in total. The third-order valence-corrected chi connectivity index (χ3v) is 4.27. The van der Waals surface area contributed by atoms with E-state index in [4.69, 9.17) is 0 Å². The van der Waals surface area contributed by atoms with Gasteiger partial charge < -0.3 is 4.74 Å². The number of thioether (sulfide) groups is 1. The fourth-order valence-electron chi connectivity index (χ4n) is 2.17. The molecule has 1 aliphatic rings. The summed E-state index contributed by atoms with van der Waals surface area (Å²) in [5.74, 6) is 2.24. The molecule has 0 saturated carbocycles. The highest BCUT2D eigenvalue weighted by atomic mass is 32.2. The first kappa shape index (κ1) is 15.2. The van der Waals surface area contributed by atoms with Crippen LogP contribution in [-0.4, -0.2) is 23.7 Å². The second kappa shape index (κ2) is 6.52. The Bertz CT molecular complexity index is 450. The smallest absolute Gasteiger partial charge is 0.406 e. The van der Waals surface area contributed by atoms with E-state index in [1.807, 2.05) is 11.8 Å². The van der Waals surface area contributed by atoms with Gasteiger partial charge in [-0.1, -0.05) is 0 Å². The largest absolute Gasteiger partial charge is 0.573 e. The first-order valence-electron chi connectivity index (χ1n) is 6.41. The molecule has 0 unspecified atom stereocenters. The van der Waals surface area contributed by atoms with Crippen LogP contribution in [0.15, 0.2) is 24.3 Å². The van der Waals surface area contributed by atoms with Gasteiger partial charge in [0.25, 0.3) is 0 Å². The van der Waals surface area contributed by atoms with Crippen LogP contribution in [-0.2, 0) is 0 Å². The molecule has 2 rings (SSSR count). The van der Waals surface area contributed by atoms with Crippen molar-refractivity contribution in [2.24, 2.45) is 5.92 Å². The molecule has 1 fully saturated rings. The molecule has 110 valence electrons. The maximum atomic E-state index is 12.0. The molecule has 0 N–H and O–H groups in total. The van der Waals surface area contributed by atoms with E-state index in [0.717, 1.165) is 24.3 Å². The molecule has 0 spiro atoms. The summed E-state index contributed by atoms with van der Waals surface area (Å²) in [5, 5.41) is 0. The van der Waals surface area contributed by atoms with E-state index < -0.39 is 6.36 Å². The van der Waals surface area contributed by atoms with Gasteiger partial charge in [0.05, 0.1) is 0 Å². The van der Waals surface area contributed by atoms with Gasteiger partial charge in [-0.2, -0.15) is 11.8 Å². The van der Waals surface area contributed by atoms with Crippen molar-refractivity contribution in [2.45, 2.75) is 25.6 Å². The highest BCUT2D eigenvalue weighted by Gasteiger charge is 2.31. The van der Waals surface area contributed by atoms with E-state index >= 15 is 0 Å². The van der Waals surface area contributed by atoms with Crippen LogP contribution in [0.1, 0.15) is 29.6 Å². The van der Waals surface area contributed by atoms with Crippen molar-refractivity contribution >= 4 is 17.5 Å². The van der Waals surface area contributed by atoms with Gasteiger partial charge in [-0.05, 0) is 54.5 Å². The third kappa shape index (κ3) is 4.74. The van der Waals surface area contributed by atoms with Gasteiger partial charge in [-0.25, -0.2) is 0 Å². The lowest BCUT2D eigenvalue weighted by atomic mass is 9.93. The van der Waals surface area contributed by atoms with Crippen molar-refractivity contribution in [1.82, 2.24) is 0 Å². The normalized spacial score (nSPS) is 16.9. The molecule has 0 bridgehead atoms. The van der Waals surface area contributed by atoms with Crippen LogP contribution in [0.5, 0.6) is 5.75 Å². The minimum atomic E-state index is -4.70. The van der Waals surface area contributed by atoms with Crippen LogP contribution in [0, 0.1) is 5.92 Å². The van der Waals surface area contributed by atoms with Crippen molar-refractivity contribution in [2.75, 3.05) is 11.5 Å². The highest BCUT2D eigenvalue weighted by Crippen LogP contribution is 2.27. The number of Topliss-reactive ketones (excluding diaryl/α,β-unsaturated/α-hetero) is 1. The number of hydrogen-bond acceptors (Lipinski definition) is 3. The van der Waals surface area contributed by atoms with Gasteiger partial charge in [0.15, 0.2) is 5.78 Å². The number of ether oxygens (including phenoxy) is 1. The Morgan fingerprint density at radius 2 is 1.80 bits per heavy atom. The second-order valence-electron chi connectivity index (χ2n) is 4.76. The number of carbonyl (C=O) groups is 1. The van der Waals surface area contributed by atoms with Gasteiger partial charge in [0.1, 0.15) is 5.75 Å². The molecule has 1 aromatic rings. The number of carbonyl (C=O) groups excluding carboxylic acids is 1. The summed E-state index contributed by atoms with van der Waals surface area (Å²) in [7, 11) is 0. The van der Waals surface area contributed by atoms with E-state index in [1.54, 1.807) is 0 Å². The zero-order chi connectivity index (χ0) is 14.6.